The summed E-state index contributed by atoms with van der Waals surface area (Å²) in [6.07, 6.45) is 0. The van der Waals surface area contributed by atoms with Crippen molar-refractivity contribution in [1.29, 1.82) is 0 Å². The summed E-state index contributed by atoms with van der Waals surface area (Å²) in [5.74, 6) is 0.504. The predicted octanol–water partition coefficient (Wildman–Crippen LogP) is 1.66. The van der Waals surface area contributed by atoms with E-state index in [4.69, 9.17) is 4.74 Å². The lowest BCUT2D eigenvalue weighted by atomic mass is 9.82. The molecular weight excluding hydrogens is 250 g/mol. The molecule has 1 heterocycles. The average Bonchev–Trinajstić information content (AvgIpc) is 2.45. The third-order valence-electron chi connectivity index (χ3n) is 4.43. The number of hydrogen-bond acceptors (Lipinski definition) is 4. The molecule has 4 heteroatoms. The Hall–Kier alpha value is -0.160. The maximum atomic E-state index is 6.34. The first-order valence-corrected chi connectivity index (χ1v) is 7.87. The molecule has 0 spiro atoms. The molecule has 0 radical (unpaired) electrons. The molecule has 4 nitrogen and oxygen atoms in total. The number of rotatable bonds is 7. The summed E-state index contributed by atoms with van der Waals surface area (Å²) in [4.78, 5) is 4.67. The highest BCUT2D eigenvalue weighted by Gasteiger charge is 2.53. The normalized spacial score (nSPS) is 28.5. The zero-order valence-electron chi connectivity index (χ0n) is 14.8. The van der Waals surface area contributed by atoms with E-state index in [1.54, 1.807) is 0 Å². The van der Waals surface area contributed by atoms with E-state index in [9.17, 15) is 0 Å². The smallest absolute Gasteiger partial charge is 0.0790 e. The van der Waals surface area contributed by atoms with Crippen molar-refractivity contribution >= 4 is 0 Å². The lowest BCUT2D eigenvalue weighted by Crippen LogP contribution is -2.50. The average molecular weight is 285 g/mol. The van der Waals surface area contributed by atoms with Gasteiger partial charge < -0.3 is 19.9 Å². The molecular formula is C16H35N3O. The van der Waals surface area contributed by atoms with E-state index in [0.29, 0.717) is 12.0 Å². The minimum absolute atomic E-state index is 0.0806. The fourth-order valence-electron chi connectivity index (χ4n) is 3.43. The Morgan fingerprint density at radius 3 is 2.10 bits per heavy atom. The van der Waals surface area contributed by atoms with Gasteiger partial charge in [-0.1, -0.05) is 6.92 Å². The first-order chi connectivity index (χ1) is 9.10. The second-order valence-corrected chi connectivity index (χ2v) is 7.52. The van der Waals surface area contributed by atoms with E-state index < -0.39 is 0 Å². The molecule has 1 aliphatic heterocycles. The van der Waals surface area contributed by atoms with Crippen LogP contribution in [0, 0.1) is 5.92 Å². The molecule has 2 atom stereocenters. The van der Waals surface area contributed by atoms with Crippen LogP contribution in [0.25, 0.3) is 0 Å². The molecule has 0 aliphatic carbocycles. The van der Waals surface area contributed by atoms with Crippen molar-refractivity contribution < 1.29 is 4.74 Å². The number of likely N-dealkylation sites (N-methyl/N-ethyl adjacent to an activating group) is 3. The van der Waals surface area contributed by atoms with E-state index in [1.165, 1.54) is 0 Å². The van der Waals surface area contributed by atoms with Gasteiger partial charge in [0, 0.05) is 31.6 Å². The molecule has 2 unspecified atom stereocenters. The fourth-order valence-corrected chi connectivity index (χ4v) is 3.43. The molecule has 120 valence electrons. The Kier molecular flexibility index (Phi) is 6.02. The van der Waals surface area contributed by atoms with Gasteiger partial charge in [-0.2, -0.15) is 0 Å². The third-order valence-corrected chi connectivity index (χ3v) is 4.43. The Bertz CT molecular complexity index is 302. The zero-order chi connectivity index (χ0) is 15.6. The van der Waals surface area contributed by atoms with E-state index in [0.717, 1.165) is 26.2 Å². The van der Waals surface area contributed by atoms with Crippen LogP contribution < -0.4 is 5.32 Å². The first-order valence-electron chi connectivity index (χ1n) is 7.87. The van der Waals surface area contributed by atoms with Crippen LogP contribution in [0.1, 0.15) is 34.6 Å². The summed E-state index contributed by atoms with van der Waals surface area (Å²) in [5, 5.41) is 3.65. The van der Waals surface area contributed by atoms with Gasteiger partial charge in [-0.05, 0) is 55.4 Å². The molecule has 0 amide bonds. The van der Waals surface area contributed by atoms with Gasteiger partial charge in [-0.25, -0.2) is 0 Å². The van der Waals surface area contributed by atoms with E-state index in [-0.39, 0.29) is 11.2 Å². The van der Waals surface area contributed by atoms with Crippen LogP contribution in [-0.2, 0) is 4.74 Å². The maximum absolute atomic E-state index is 6.34. The Labute approximate surface area is 125 Å². The molecule has 1 aliphatic rings. The molecule has 1 N–H and O–H groups in total. The predicted molar refractivity (Wildman–Crippen MR) is 86.2 cm³/mol. The highest BCUT2D eigenvalue weighted by molar-refractivity contribution is 5.05. The summed E-state index contributed by atoms with van der Waals surface area (Å²) in [5.41, 5.74) is -0.185. The summed E-state index contributed by atoms with van der Waals surface area (Å²) < 4.78 is 6.34. The van der Waals surface area contributed by atoms with Gasteiger partial charge >= 0.3 is 0 Å². The first kappa shape index (κ1) is 17.9. The topological polar surface area (TPSA) is 27.7 Å². The van der Waals surface area contributed by atoms with Gasteiger partial charge in [0.1, 0.15) is 0 Å². The van der Waals surface area contributed by atoms with Gasteiger partial charge in [0.15, 0.2) is 0 Å². The van der Waals surface area contributed by atoms with Crippen molar-refractivity contribution in [2.24, 2.45) is 5.92 Å². The summed E-state index contributed by atoms with van der Waals surface area (Å²) in [6.45, 7) is 15.3. The lowest BCUT2D eigenvalue weighted by Gasteiger charge is -2.33. The summed E-state index contributed by atoms with van der Waals surface area (Å²) >= 11 is 0. The number of nitrogens with zero attached hydrogens (tertiary/aromatic N) is 2. The molecule has 1 fully saturated rings. The monoisotopic (exact) mass is 285 g/mol. The Morgan fingerprint density at radius 1 is 1.00 bits per heavy atom. The molecule has 0 bridgehead atoms. The van der Waals surface area contributed by atoms with Crippen LogP contribution in [0.3, 0.4) is 0 Å². The summed E-state index contributed by atoms with van der Waals surface area (Å²) in [7, 11) is 6.47. The van der Waals surface area contributed by atoms with Crippen LogP contribution in [0.5, 0.6) is 0 Å². The van der Waals surface area contributed by atoms with Gasteiger partial charge in [0.2, 0.25) is 0 Å². The van der Waals surface area contributed by atoms with Gasteiger partial charge in [-0.3, -0.25) is 0 Å². The van der Waals surface area contributed by atoms with E-state index in [2.05, 4.69) is 70.9 Å². The fraction of sp³-hybridized carbons (Fsp3) is 1.00. The van der Waals surface area contributed by atoms with Crippen molar-refractivity contribution in [1.82, 2.24) is 15.1 Å². The van der Waals surface area contributed by atoms with Crippen LogP contribution in [0.15, 0.2) is 0 Å². The standard InChI is InChI=1S/C16H35N3O/c1-9-17-14-13(12-19(8)11-10-18(6)7)15(2,3)20-16(14,4)5/h13-14,17H,9-12H2,1-8H3. The second kappa shape index (κ2) is 6.73. The maximum Gasteiger partial charge on any atom is 0.0790 e. The zero-order valence-corrected chi connectivity index (χ0v) is 14.8. The van der Waals surface area contributed by atoms with Crippen molar-refractivity contribution in [2.75, 3.05) is 47.3 Å². The molecule has 0 aromatic carbocycles. The Balaban J connectivity index is 2.72. The molecule has 0 aromatic rings. The van der Waals surface area contributed by atoms with Crippen molar-refractivity contribution in [3.8, 4) is 0 Å². The summed E-state index contributed by atoms with van der Waals surface area (Å²) in [6, 6.07) is 0.407. The van der Waals surface area contributed by atoms with Crippen molar-refractivity contribution in [2.45, 2.75) is 51.9 Å². The lowest BCUT2D eigenvalue weighted by molar-refractivity contribution is -0.0792. The van der Waals surface area contributed by atoms with Gasteiger partial charge in [0.25, 0.3) is 0 Å². The highest BCUT2D eigenvalue weighted by atomic mass is 16.5. The quantitative estimate of drug-likeness (QED) is 0.770. The second-order valence-electron chi connectivity index (χ2n) is 7.52. The van der Waals surface area contributed by atoms with E-state index in [1.807, 2.05) is 0 Å². The highest BCUT2D eigenvalue weighted by Crippen LogP contribution is 2.42. The van der Waals surface area contributed by atoms with Crippen molar-refractivity contribution in [3.63, 3.8) is 0 Å². The largest absolute Gasteiger partial charge is 0.368 e. The van der Waals surface area contributed by atoms with Crippen LogP contribution in [0.4, 0.5) is 0 Å². The third kappa shape index (κ3) is 4.42. The van der Waals surface area contributed by atoms with E-state index >= 15 is 0 Å². The number of nitrogens with one attached hydrogen (secondary N) is 1. The molecule has 1 rings (SSSR count). The van der Waals surface area contributed by atoms with Gasteiger partial charge in [0.05, 0.1) is 11.2 Å². The number of ether oxygens (including phenoxy) is 1. The van der Waals surface area contributed by atoms with Crippen molar-refractivity contribution in [3.05, 3.63) is 0 Å². The molecule has 20 heavy (non-hydrogen) atoms. The SMILES string of the molecule is CCNC1C(CN(C)CCN(C)C)C(C)(C)OC1(C)C. The molecule has 1 saturated heterocycles. The van der Waals surface area contributed by atoms with Crippen LogP contribution >= 0.6 is 0 Å². The molecule has 0 saturated carbocycles. The van der Waals surface area contributed by atoms with Gasteiger partial charge in [-0.15, -0.1) is 0 Å². The number of hydrogen-bond donors (Lipinski definition) is 1. The molecule has 0 aromatic heterocycles. The van der Waals surface area contributed by atoms with Crippen LogP contribution in [-0.4, -0.2) is 74.4 Å². The Morgan fingerprint density at radius 2 is 1.60 bits per heavy atom. The minimum Gasteiger partial charge on any atom is -0.368 e. The van der Waals surface area contributed by atoms with Crippen LogP contribution in [0.2, 0.25) is 0 Å². The minimum atomic E-state index is -0.105.